The third kappa shape index (κ3) is 2.23. The van der Waals surface area contributed by atoms with Gasteiger partial charge in [-0.3, -0.25) is 9.63 Å². The maximum atomic E-state index is 11.4. The second-order valence-corrected chi connectivity index (χ2v) is 5.28. The fourth-order valence-corrected chi connectivity index (χ4v) is 2.11. The van der Waals surface area contributed by atoms with Crippen LogP contribution in [0.1, 0.15) is 0 Å². The fourth-order valence-electron chi connectivity index (χ4n) is 1.21. The zero-order chi connectivity index (χ0) is 10.9. The second kappa shape index (κ2) is 3.84. The van der Waals surface area contributed by atoms with Crippen molar-refractivity contribution in [2.45, 2.75) is 0 Å². The Bertz CT molecular complexity index is 321. The summed E-state index contributed by atoms with van der Waals surface area (Å²) < 4.78 is 23.2. The van der Waals surface area contributed by atoms with Crippen molar-refractivity contribution in [3.05, 3.63) is 0 Å². The van der Waals surface area contributed by atoms with E-state index in [2.05, 4.69) is 0 Å². The van der Waals surface area contributed by atoms with Gasteiger partial charge in [0.2, 0.25) is 10.0 Å². The molecule has 14 heavy (non-hydrogen) atoms. The molecule has 0 aromatic heterocycles. The highest BCUT2D eigenvalue weighted by atomic mass is 32.2. The average molecular weight is 222 g/mol. The lowest BCUT2D eigenvalue weighted by Crippen LogP contribution is -2.55. The maximum absolute atomic E-state index is 11.4. The lowest BCUT2D eigenvalue weighted by molar-refractivity contribution is -0.176. The summed E-state index contributed by atoms with van der Waals surface area (Å²) in [6.45, 7) is 0.511. The third-order valence-corrected chi connectivity index (χ3v) is 3.49. The highest BCUT2D eigenvalue weighted by molar-refractivity contribution is 7.88. The molecule has 82 valence electrons. The third-order valence-electron chi connectivity index (χ3n) is 2.25. The minimum atomic E-state index is -3.14. The Morgan fingerprint density at radius 3 is 2.36 bits per heavy atom. The average Bonchev–Trinajstić information content (AvgIpc) is 1.97. The van der Waals surface area contributed by atoms with E-state index in [1.807, 2.05) is 0 Å². The van der Waals surface area contributed by atoms with E-state index in [0.717, 1.165) is 11.3 Å². The van der Waals surface area contributed by atoms with Gasteiger partial charge in [-0.25, -0.2) is 17.8 Å². The van der Waals surface area contributed by atoms with E-state index in [0.29, 0.717) is 0 Å². The topological polar surface area (TPSA) is 66.9 Å². The number of nitrogens with zero attached hydrogens (tertiary/aromatic N) is 2. The van der Waals surface area contributed by atoms with Crippen LogP contribution in [0.3, 0.4) is 0 Å². The van der Waals surface area contributed by atoms with Gasteiger partial charge in [0.1, 0.15) is 0 Å². The molecule has 1 aliphatic heterocycles. The number of rotatable bonds is 3. The summed E-state index contributed by atoms with van der Waals surface area (Å²) in [7, 11) is -0.244. The molecule has 0 aromatic carbocycles. The molecule has 7 heteroatoms. The molecule has 0 unspecified atom stereocenters. The Labute approximate surface area is 83.4 Å². The molecule has 0 saturated carbocycles. The van der Waals surface area contributed by atoms with Crippen LogP contribution in [-0.2, 0) is 19.7 Å². The Hall–Kier alpha value is -0.660. The maximum Gasteiger partial charge on any atom is 0.251 e. The Kier molecular flexibility index (Phi) is 3.13. The summed E-state index contributed by atoms with van der Waals surface area (Å²) in [4.78, 5) is 16.1. The van der Waals surface area contributed by atoms with Crippen molar-refractivity contribution in [2.75, 3.05) is 33.5 Å². The molecular weight excluding hydrogens is 208 g/mol. The van der Waals surface area contributed by atoms with E-state index < -0.39 is 10.0 Å². The van der Waals surface area contributed by atoms with Gasteiger partial charge in [-0.1, -0.05) is 0 Å². The molecule has 1 amide bonds. The van der Waals surface area contributed by atoms with Crippen LogP contribution in [0.15, 0.2) is 0 Å². The second-order valence-electron chi connectivity index (χ2n) is 3.30. The predicted molar refractivity (Wildman–Crippen MR) is 49.7 cm³/mol. The number of carbonyl (C=O) groups excluding carboxylic acids is 1. The first-order chi connectivity index (χ1) is 6.36. The van der Waals surface area contributed by atoms with E-state index in [-0.39, 0.29) is 24.9 Å². The van der Waals surface area contributed by atoms with Gasteiger partial charge in [0.05, 0.1) is 19.3 Å². The van der Waals surface area contributed by atoms with Crippen molar-refractivity contribution in [3.63, 3.8) is 0 Å². The van der Waals surface area contributed by atoms with Crippen LogP contribution in [0, 0.1) is 5.92 Å². The molecule has 0 radical (unpaired) electrons. The van der Waals surface area contributed by atoms with Crippen molar-refractivity contribution in [1.29, 1.82) is 0 Å². The smallest absolute Gasteiger partial charge is 0.251 e. The molecule has 0 aromatic rings. The van der Waals surface area contributed by atoms with Gasteiger partial charge in [0.25, 0.3) is 5.91 Å². The van der Waals surface area contributed by atoms with Gasteiger partial charge in [0.15, 0.2) is 0 Å². The Balaban J connectivity index is 2.46. The van der Waals surface area contributed by atoms with Crippen molar-refractivity contribution >= 4 is 15.9 Å². The molecule has 1 heterocycles. The standard InChI is InChI=1S/C7H14N2O4S/c1-8(13-2)7(10)6-4-9(5-6)14(3,11)12/h6H,4-5H2,1-3H3. The minimum Gasteiger partial charge on any atom is -0.275 e. The van der Waals surface area contributed by atoms with E-state index in [1.54, 1.807) is 0 Å². The molecular formula is C7H14N2O4S. The molecule has 1 aliphatic rings. The largest absolute Gasteiger partial charge is 0.275 e. The Morgan fingerprint density at radius 1 is 1.50 bits per heavy atom. The highest BCUT2D eigenvalue weighted by Gasteiger charge is 2.39. The van der Waals surface area contributed by atoms with Gasteiger partial charge in [0, 0.05) is 20.1 Å². The highest BCUT2D eigenvalue weighted by Crippen LogP contribution is 2.20. The van der Waals surface area contributed by atoms with Crippen LogP contribution in [0.25, 0.3) is 0 Å². The molecule has 0 N–H and O–H groups in total. The summed E-state index contributed by atoms with van der Waals surface area (Å²) in [5.41, 5.74) is 0. The van der Waals surface area contributed by atoms with Gasteiger partial charge in [-0.05, 0) is 0 Å². The van der Waals surface area contributed by atoms with Crippen LogP contribution < -0.4 is 0 Å². The summed E-state index contributed by atoms with van der Waals surface area (Å²) in [6.07, 6.45) is 1.13. The van der Waals surface area contributed by atoms with Crippen molar-refractivity contribution < 1.29 is 18.0 Å². The van der Waals surface area contributed by atoms with Gasteiger partial charge < -0.3 is 0 Å². The summed E-state index contributed by atoms with van der Waals surface area (Å²) in [6, 6.07) is 0. The lowest BCUT2D eigenvalue weighted by Gasteiger charge is -2.37. The van der Waals surface area contributed by atoms with Gasteiger partial charge >= 0.3 is 0 Å². The van der Waals surface area contributed by atoms with Crippen LogP contribution in [-0.4, -0.2) is 57.2 Å². The number of amides is 1. The monoisotopic (exact) mass is 222 g/mol. The van der Waals surface area contributed by atoms with E-state index >= 15 is 0 Å². The van der Waals surface area contributed by atoms with Crippen LogP contribution in [0.4, 0.5) is 0 Å². The molecule has 1 rings (SSSR count). The van der Waals surface area contributed by atoms with Crippen LogP contribution in [0.2, 0.25) is 0 Å². The number of carbonyl (C=O) groups is 1. The van der Waals surface area contributed by atoms with E-state index in [9.17, 15) is 13.2 Å². The number of hydrogen-bond donors (Lipinski definition) is 0. The molecule has 0 spiro atoms. The molecule has 0 bridgehead atoms. The number of hydrogen-bond acceptors (Lipinski definition) is 4. The first-order valence-corrected chi connectivity index (χ1v) is 5.98. The molecule has 1 fully saturated rings. The first-order valence-electron chi connectivity index (χ1n) is 4.13. The molecule has 0 atom stereocenters. The van der Waals surface area contributed by atoms with Crippen LogP contribution >= 0.6 is 0 Å². The molecule has 0 aliphatic carbocycles. The van der Waals surface area contributed by atoms with E-state index in [4.69, 9.17) is 4.84 Å². The zero-order valence-electron chi connectivity index (χ0n) is 8.43. The van der Waals surface area contributed by atoms with Gasteiger partial charge in [-0.2, -0.15) is 0 Å². The minimum absolute atomic E-state index is 0.188. The predicted octanol–water partition coefficient (Wildman–Crippen LogP) is -1.10. The van der Waals surface area contributed by atoms with E-state index in [1.165, 1.54) is 18.5 Å². The van der Waals surface area contributed by atoms with Crippen molar-refractivity contribution in [1.82, 2.24) is 9.37 Å². The zero-order valence-corrected chi connectivity index (χ0v) is 9.24. The Morgan fingerprint density at radius 2 is 2.00 bits per heavy atom. The SMILES string of the molecule is CON(C)C(=O)C1CN(S(C)(=O)=O)C1. The molecule has 1 saturated heterocycles. The fraction of sp³-hybridized carbons (Fsp3) is 0.857. The normalized spacial score (nSPS) is 19.1. The summed E-state index contributed by atoms with van der Waals surface area (Å²) in [5.74, 6) is -0.456. The van der Waals surface area contributed by atoms with Gasteiger partial charge in [-0.15, -0.1) is 0 Å². The quantitative estimate of drug-likeness (QED) is 0.568. The number of sulfonamides is 1. The summed E-state index contributed by atoms with van der Waals surface area (Å²) in [5, 5.41) is 1.12. The first kappa shape index (κ1) is 11.4. The van der Waals surface area contributed by atoms with Crippen molar-refractivity contribution in [3.8, 4) is 0 Å². The summed E-state index contributed by atoms with van der Waals surface area (Å²) >= 11 is 0. The molecule has 6 nitrogen and oxygen atoms in total. The lowest BCUT2D eigenvalue weighted by atomic mass is 10.0. The van der Waals surface area contributed by atoms with Crippen molar-refractivity contribution in [2.24, 2.45) is 5.92 Å². The van der Waals surface area contributed by atoms with Crippen LogP contribution in [0.5, 0.6) is 0 Å². The number of hydroxylamine groups is 2.